The quantitative estimate of drug-likeness (QED) is 0.786. The lowest BCUT2D eigenvalue weighted by Gasteiger charge is -2.11. The Balaban J connectivity index is 2.26. The van der Waals surface area contributed by atoms with Gasteiger partial charge in [-0.15, -0.1) is 0 Å². The zero-order valence-electron chi connectivity index (χ0n) is 8.34. The van der Waals surface area contributed by atoms with Gasteiger partial charge in [-0.1, -0.05) is 18.2 Å². The molecule has 0 spiro atoms. The van der Waals surface area contributed by atoms with Crippen LogP contribution in [0.5, 0.6) is 0 Å². The molecule has 1 fully saturated rings. The second-order valence-electron chi connectivity index (χ2n) is 3.83. The molecular formula is C11H10F3NO. The highest BCUT2D eigenvalue weighted by molar-refractivity contribution is 5.79. The van der Waals surface area contributed by atoms with Gasteiger partial charge in [-0.3, -0.25) is 4.79 Å². The molecule has 86 valence electrons. The first-order chi connectivity index (χ1) is 7.47. The SMILES string of the molecule is O=C1C[C@@H](c2cccc(C(F)(F)F)c2)CN1. The average molecular weight is 229 g/mol. The maximum atomic E-state index is 12.4. The van der Waals surface area contributed by atoms with Crippen molar-refractivity contribution in [2.75, 3.05) is 6.54 Å². The molecule has 1 aromatic rings. The van der Waals surface area contributed by atoms with Crippen LogP contribution in [-0.2, 0) is 11.0 Å². The van der Waals surface area contributed by atoms with E-state index in [1.807, 2.05) is 0 Å². The molecule has 1 N–H and O–H groups in total. The Morgan fingerprint density at radius 3 is 2.62 bits per heavy atom. The van der Waals surface area contributed by atoms with Crippen molar-refractivity contribution in [3.8, 4) is 0 Å². The Bertz CT molecular complexity index is 414. The maximum Gasteiger partial charge on any atom is 0.416 e. The summed E-state index contributed by atoms with van der Waals surface area (Å²) in [6, 6.07) is 5.15. The van der Waals surface area contributed by atoms with Crippen molar-refractivity contribution < 1.29 is 18.0 Å². The van der Waals surface area contributed by atoms with Crippen molar-refractivity contribution in [3.63, 3.8) is 0 Å². The van der Waals surface area contributed by atoms with Crippen molar-refractivity contribution >= 4 is 5.91 Å². The average Bonchev–Trinajstić information content (AvgIpc) is 2.64. The predicted molar refractivity (Wildman–Crippen MR) is 51.8 cm³/mol. The largest absolute Gasteiger partial charge is 0.416 e. The van der Waals surface area contributed by atoms with E-state index in [-0.39, 0.29) is 18.2 Å². The smallest absolute Gasteiger partial charge is 0.355 e. The number of benzene rings is 1. The van der Waals surface area contributed by atoms with E-state index in [4.69, 9.17) is 0 Å². The topological polar surface area (TPSA) is 29.1 Å². The number of carbonyl (C=O) groups is 1. The molecule has 0 saturated carbocycles. The number of halogens is 3. The predicted octanol–water partition coefficient (Wildman–Crippen LogP) is 2.31. The summed E-state index contributed by atoms with van der Waals surface area (Å²) in [6.45, 7) is 0.417. The fourth-order valence-corrected chi connectivity index (χ4v) is 1.81. The van der Waals surface area contributed by atoms with Crippen LogP contribution in [0.3, 0.4) is 0 Å². The van der Waals surface area contributed by atoms with Gasteiger partial charge in [-0.2, -0.15) is 13.2 Å². The molecule has 1 atom stereocenters. The molecule has 0 aliphatic carbocycles. The Kier molecular flexibility index (Phi) is 2.61. The van der Waals surface area contributed by atoms with E-state index in [1.165, 1.54) is 6.07 Å². The molecule has 0 unspecified atom stereocenters. The second kappa shape index (κ2) is 3.81. The van der Waals surface area contributed by atoms with Gasteiger partial charge in [-0.25, -0.2) is 0 Å². The summed E-state index contributed by atoms with van der Waals surface area (Å²) in [6.07, 6.45) is -4.06. The molecule has 2 rings (SSSR count). The number of hydrogen-bond donors (Lipinski definition) is 1. The maximum absolute atomic E-state index is 12.4. The van der Waals surface area contributed by atoms with Gasteiger partial charge in [0.2, 0.25) is 5.91 Å². The molecule has 1 amide bonds. The molecule has 5 heteroatoms. The lowest BCUT2D eigenvalue weighted by atomic mass is 9.96. The Morgan fingerprint density at radius 1 is 1.31 bits per heavy atom. The zero-order chi connectivity index (χ0) is 11.8. The number of hydrogen-bond acceptors (Lipinski definition) is 1. The zero-order valence-corrected chi connectivity index (χ0v) is 8.34. The fourth-order valence-electron chi connectivity index (χ4n) is 1.81. The molecule has 1 saturated heterocycles. The summed E-state index contributed by atoms with van der Waals surface area (Å²) in [5.41, 5.74) is -0.0995. The lowest BCUT2D eigenvalue weighted by molar-refractivity contribution is -0.137. The summed E-state index contributed by atoms with van der Waals surface area (Å²) >= 11 is 0. The number of amides is 1. The highest BCUT2D eigenvalue weighted by Crippen LogP contribution is 2.32. The Hall–Kier alpha value is -1.52. The first-order valence-corrected chi connectivity index (χ1v) is 4.90. The number of nitrogens with one attached hydrogen (secondary N) is 1. The van der Waals surface area contributed by atoms with Gasteiger partial charge in [-0.05, 0) is 11.6 Å². The minimum atomic E-state index is -4.33. The standard InChI is InChI=1S/C11H10F3NO/c12-11(13,14)9-3-1-2-7(4-9)8-5-10(16)15-6-8/h1-4,8H,5-6H2,(H,15,16)/t8-/m1/s1. The van der Waals surface area contributed by atoms with Crippen LogP contribution < -0.4 is 5.32 Å². The van der Waals surface area contributed by atoms with Gasteiger partial charge in [0, 0.05) is 18.9 Å². The fraction of sp³-hybridized carbons (Fsp3) is 0.364. The third-order valence-corrected chi connectivity index (χ3v) is 2.66. The second-order valence-corrected chi connectivity index (χ2v) is 3.83. The summed E-state index contributed by atoms with van der Waals surface area (Å²) < 4.78 is 37.3. The van der Waals surface area contributed by atoms with Crippen LogP contribution in [0.15, 0.2) is 24.3 Å². The molecule has 1 aliphatic heterocycles. The molecule has 2 nitrogen and oxygen atoms in total. The molecule has 0 radical (unpaired) electrons. The van der Waals surface area contributed by atoms with Gasteiger partial charge in [0.25, 0.3) is 0 Å². The first kappa shape index (κ1) is 11.0. The van der Waals surface area contributed by atoms with Gasteiger partial charge in [0.15, 0.2) is 0 Å². The van der Waals surface area contributed by atoms with Gasteiger partial charge >= 0.3 is 6.18 Å². The molecular weight excluding hydrogens is 219 g/mol. The Labute approximate surface area is 90.5 Å². The van der Waals surface area contributed by atoms with E-state index in [1.54, 1.807) is 6.07 Å². The normalized spacial score (nSPS) is 20.9. The summed E-state index contributed by atoms with van der Waals surface area (Å²) in [4.78, 5) is 11.0. The minimum absolute atomic E-state index is 0.109. The summed E-state index contributed by atoms with van der Waals surface area (Å²) in [5, 5.41) is 2.61. The minimum Gasteiger partial charge on any atom is -0.355 e. The van der Waals surface area contributed by atoms with Crippen LogP contribution in [0.2, 0.25) is 0 Å². The summed E-state index contributed by atoms with van der Waals surface area (Å²) in [5.74, 6) is -0.253. The van der Waals surface area contributed by atoms with Crippen LogP contribution in [0, 0.1) is 0 Å². The monoisotopic (exact) mass is 229 g/mol. The Morgan fingerprint density at radius 2 is 2.06 bits per heavy atom. The van der Waals surface area contributed by atoms with E-state index in [0.717, 1.165) is 12.1 Å². The van der Waals surface area contributed by atoms with E-state index in [0.29, 0.717) is 12.1 Å². The molecule has 1 heterocycles. The van der Waals surface area contributed by atoms with Crippen molar-refractivity contribution in [3.05, 3.63) is 35.4 Å². The van der Waals surface area contributed by atoms with E-state index in [9.17, 15) is 18.0 Å². The molecule has 16 heavy (non-hydrogen) atoms. The van der Waals surface area contributed by atoms with Gasteiger partial charge < -0.3 is 5.32 Å². The highest BCUT2D eigenvalue weighted by Gasteiger charge is 2.31. The molecule has 0 bridgehead atoms. The molecule has 0 aromatic heterocycles. The highest BCUT2D eigenvalue weighted by atomic mass is 19.4. The van der Waals surface area contributed by atoms with Crippen molar-refractivity contribution in [2.24, 2.45) is 0 Å². The van der Waals surface area contributed by atoms with E-state index < -0.39 is 11.7 Å². The van der Waals surface area contributed by atoms with Crippen LogP contribution in [0.25, 0.3) is 0 Å². The first-order valence-electron chi connectivity index (χ1n) is 4.90. The van der Waals surface area contributed by atoms with E-state index in [2.05, 4.69) is 5.32 Å². The third kappa shape index (κ3) is 2.18. The molecule has 1 aromatic carbocycles. The van der Waals surface area contributed by atoms with Crippen molar-refractivity contribution in [1.82, 2.24) is 5.32 Å². The lowest BCUT2D eigenvalue weighted by Crippen LogP contribution is -2.13. The van der Waals surface area contributed by atoms with Crippen LogP contribution in [0.4, 0.5) is 13.2 Å². The molecule has 1 aliphatic rings. The number of carbonyl (C=O) groups excluding carboxylic acids is 1. The van der Waals surface area contributed by atoms with Crippen molar-refractivity contribution in [2.45, 2.75) is 18.5 Å². The van der Waals surface area contributed by atoms with Crippen LogP contribution >= 0.6 is 0 Å². The number of rotatable bonds is 1. The van der Waals surface area contributed by atoms with Gasteiger partial charge in [0.05, 0.1) is 5.56 Å². The van der Waals surface area contributed by atoms with Crippen LogP contribution in [-0.4, -0.2) is 12.5 Å². The third-order valence-electron chi connectivity index (χ3n) is 2.66. The van der Waals surface area contributed by atoms with Crippen LogP contribution in [0.1, 0.15) is 23.5 Å². The number of alkyl halides is 3. The summed E-state index contributed by atoms with van der Waals surface area (Å²) in [7, 11) is 0. The van der Waals surface area contributed by atoms with E-state index >= 15 is 0 Å². The van der Waals surface area contributed by atoms with Gasteiger partial charge in [0.1, 0.15) is 0 Å². The van der Waals surface area contributed by atoms with Crippen molar-refractivity contribution in [1.29, 1.82) is 0 Å².